The van der Waals surface area contributed by atoms with Gasteiger partial charge in [0.25, 0.3) is 0 Å². The predicted octanol–water partition coefficient (Wildman–Crippen LogP) is 1.48. The van der Waals surface area contributed by atoms with E-state index in [9.17, 15) is 13.6 Å². The van der Waals surface area contributed by atoms with Gasteiger partial charge < -0.3 is 5.11 Å². The highest BCUT2D eigenvalue weighted by molar-refractivity contribution is 5.70. The second-order valence-electron chi connectivity index (χ2n) is 3.70. The number of nitrogens with zero attached hydrogens (tertiary/aromatic N) is 3. The lowest BCUT2D eigenvalue weighted by molar-refractivity contribution is -0.136. The first kappa shape index (κ1) is 12.2. The maximum absolute atomic E-state index is 13.6. The fraction of sp³-hybridized carbons (Fsp3) is 0.182. The summed E-state index contributed by atoms with van der Waals surface area (Å²) in [5.41, 5.74) is 0.613. The fourth-order valence-corrected chi connectivity index (χ4v) is 1.57. The van der Waals surface area contributed by atoms with E-state index in [-0.39, 0.29) is 17.8 Å². The lowest BCUT2D eigenvalue weighted by Crippen LogP contribution is -2.10. The van der Waals surface area contributed by atoms with Crippen LogP contribution in [0.2, 0.25) is 0 Å². The van der Waals surface area contributed by atoms with Gasteiger partial charge in [-0.05, 0) is 19.1 Å². The summed E-state index contributed by atoms with van der Waals surface area (Å²) in [6.45, 7) is 1.57. The molecule has 1 aromatic heterocycles. The highest BCUT2D eigenvalue weighted by Crippen LogP contribution is 2.17. The van der Waals surface area contributed by atoms with Gasteiger partial charge >= 0.3 is 5.97 Å². The molecule has 0 aliphatic rings. The maximum Gasteiger partial charge on any atom is 0.309 e. The molecule has 1 aromatic carbocycles. The summed E-state index contributed by atoms with van der Waals surface area (Å²) in [6.07, 6.45) is -0.338. The standard InChI is InChI=1S/C11H9F2N3O2/c1-6-10(5-11(17)18)16(15-14-6)9-3-2-7(12)4-8(9)13/h2-4H,5H2,1H3,(H,17,18). The Hall–Kier alpha value is -2.31. The van der Waals surface area contributed by atoms with Gasteiger partial charge in [-0.15, -0.1) is 5.10 Å². The number of rotatable bonds is 3. The molecule has 0 fully saturated rings. The Kier molecular flexibility index (Phi) is 3.05. The van der Waals surface area contributed by atoms with E-state index in [0.717, 1.165) is 10.7 Å². The SMILES string of the molecule is Cc1nnn(-c2ccc(F)cc2F)c1CC(=O)O. The van der Waals surface area contributed by atoms with Crippen molar-refractivity contribution in [1.82, 2.24) is 15.0 Å². The minimum absolute atomic E-state index is 0.0340. The molecule has 94 valence electrons. The number of carbonyl (C=O) groups is 1. The van der Waals surface area contributed by atoms with Crippen molar-refractivity contribution in [2.45, 2.75) is 13.3 Å². The van der Waals surface area contributed by atoms with Gasteiger partial charge in [-0.25, -0.2) is 13.5 Å². The summed E-state index contributed by atoms with van der Waals surface area (Å²) < 4.78 is 27.5. The van der Waals surface area contributed by atoms with Crippen molar-refractivity contribution in [3.05, 3.63) is 41.2 Å². The molecule has 1 heterocycles. The Balaban J connectivity index is 2.53. The van der Waals surface area contributed by atoms with E-state index >= 15 is 0 Å². The van der Waals surface area contributed by atoms with E-state index in [1.165, 1.54) is 6.07 Å². The second-order valence-corrected chi connectivity index (χ2v) is 3.70. The predicted molar refractivity (Wildman–Crippen MR) is 57.4 cm³/mol. The first-order chi connectivity index (χ1) is 8.49. The number of hydrogen-bond donors (Lipinski definition) is 1. The van der Waals surface area contributed by atoms with Gasteiger partial charge in [0.1, 0.15) is 11.5 Å². The van der Waals surface area contributed by atoms with Crippen molar-refractivity contribution in [3.8, 4) is 5.69 Å². The molecule has 0 saturated carbocycles. The van der Waals surface area contributed by atoms with Gasteiger partial charge in [0.15, 0.2) is 5.82 Å². The average Bonchev–Trinajstić information content (AvgIpc) is 2.60. The summed E-state index contributed by atoms with van der Waals surface area (Å²) in [4.78, 5) is 10.7. The third-order valence-corrected chi connectivity index (χ3v) is 2.41. The van der Waals surface area contributed by atoms with Crippen LogP contribution in [0.1, 0.15) is 11.4 Å². The van der Waals surface area contributed by atoms with E-state index in [2.05, 4.69) is 10.3 Å². The number of benzene rings is 1. The van der Waals surface area contributed by atoms with Crippen molar-refractivity contribution in [3.63, 3.8) is 0 Å². The Morgan fingerprint density at radius 2 is 2.17 bits per heavy atom. The number of aliphatic carboxylic acids is 1. The monoisotopic (exact) mass is 253 g/mol. The van der Waals surface area contributed by atoms with Crippen LogP contribution in [-0.4, -0.2) is 26.1 Å². The fourth-order valence-electron chi connectivity index (χ4n) is 1.57. The molecule has 0 bridgehead atoms. The highest BCUT2D eigenvalue weighted by Gasteiger charge is 2.16. The summed E-state index contributed by atoms with van der Waals surface area (Å²) in [5.74, 6) is -2.62. The topological polar surface area (TPSA) is 68.0 Å². The molecule has 0 amide bonds. The minimum atomic E-state index is -1.08. The second kappa shape index (κ2) is 4.52. The van der Waals surface area contributed by atoms with Crippen LogP contribution in [0.3, 0.4) is 0 Å². The van der Waals surface area contributed by atoms with E-state index in [1.807, 2.05) is 0 Å². The molecular weight excluding hydrogens is 244 g/mol. The van der Waals surface area contributed by atoms with Crippen LogP contribution >= 0.6 is 0 Å². The Bertz CT molecular complexity index is 610. The van der Waals surface area contributed by atoms with Gasteiger partial charge in [0.2, 0.25) is 0 Å². The van der Waals surface area contributed by atoms with Crippen molar-refractivity contribution < 1.29 is 18.7 Å². The normalized spacial score (nSPS) is 10.6. The summed E-state index contributed by atoms with van der Waals surface area (Å²) >= 11 is 0. The van der Waals surface area contributed by atoms with Crippen LogP contribution in [0, 0.1) is 18.6 Å². The molecule has 5 nitrogen and oxygen atoms in total. The third kappa shape index (κ3) is 2.20. The largest absolute Gasteiger partial charge is 0.481 e. The van der Waals surface area contributed by atoms with Crippen LogP contribution in [0.5, 0.6) is 0 Å². The molecule has 2 aromatic rings. The van der Waals surface area contributed by atoms with Gasteiger partial charge in [0, 0.05) is 6.07 Å². The molecular formula is C11H9F2N3O2. The van der Waals surface area contributed by atoms with Crippen molar-refractivity contribution in [2.24, 2.45) is 0 Å². The summed E-state index contributed by atoms with van der Waals surface area (Å²) in [5, 5.41) is 16.1. The number of hydrogen-bond acceptors (Lipinski definition) is 3. The van der Waals surface area contributed by atoms with Crippen molar-refractivity contribution in [2.75, 3.05) is 0 Å². The van der Waals surface area contributed by atoms with Crippen LogP contribution < -0.4 is 0 Å². The molecule has 2 rings (SSSR count). The van der Waals surface area contributed by atoms with Crippen molar-refractivity contribution in [1.29, 1.82) is 0 Å². The molecule has 7 heteroatoms. The third-order valence-electron chi connectivity index (χ3n) is 2.41. The Labute approximate surface area is 101 Å². The quantitative estimate of drug-likeness (QED) is 0.899. The molecule has 0 saturated heterocycles. The Morgan fingerprint density at radius 3 is 2.78 bits per heavy atom. The zero-order valence-electron chi connectivity index (χ0n) is 9.39. The number of carboxylic acids is 1. The molecule has 0 unspecified atom stereocenters. The lowest BCUT2D eigenvalue weighted by Gasteiger charge is -2.06. The molecule has 0 radical (unpaired) electrons. The Morgan fingerprint density at radius 1 is 1.44 bits per heavy atom. The van der Waals surface area contributed by atoms with Gasteiger partial charge in [0.05, 0.1) is 17.8 Å². The number of halogens is 2. The minimum Gasteiger partial charge on any atom is -0.481 e. The lowest BCUT2D eigenvalue weighted by atomic mass is 10.2. The van der Waals surface area contributed by atoms with Crippen LogP contribution in [0.25, 0.3) is 5.69 Å². The van der Waals surface area contributed by atoms with Crippen LogP contribution in [-0.2, 0) is 11.2 Å². The van der Waals surface area contributed by atoms with Crippen LogP contribution in [0.15, 0.2) is 18.2 Å². The highest BCUT2D eigenvalue weighted by atomic mass is 19.1. The maximum atomic E-state index is 13.6. The smallest absolute Gasteiger partial charge is 0.309 e. The molecule has 0 atom stereocenters. The molecule has 0 aliphatic heterocycles. The van der Waals surface area contributed by atoms with E-state index < -0.39 is 17.6 Å². The van der Waals surface area contributed by atoms with Gasteiger partial charge in [-0.1, -0.05) is 5.21 Å². The zero-order valence-corrected chi connectivity index (χ0v) is 9.39. The first-order valence-electron chi connectivity index (χ1n) is 5.07. The molecule has 0 aliphatic carbocycles. The van der Waals surface area contributed by atoms with E-state index in [0.29, 0.717) is 11.8 Å². The van der Waals surface area contributed by atoms with Gasteiger partial charge in [-0.3, -0.25) is 4.79 Å². The van der Waals surface area contributed by atoms with E-state index in [4.69, 9.17) is 5.11 Å². The summed E-state index contributed by atoms with van der Waals surface area (Å²) in [6, 6.07) is 2.96. The molecule has 1 N–H and O–H groups in total. The van der Waals surface area contributed by atoms with Gasteiger partial charge in [-0.2, -0.15) is 0 Å². The summed E-state index contributed by atoms with van der Waals surface area (Å²) in [7, 11) is 0. The van der Waals surface area contributed by atoms with E-state index in [1.54, 1.807) is 6.92 Å². The average molecular weight is 253 g/mol. The number of aryl methyl sites for hydroxylation is 1. The molecule has 0 spiro atoms. The first-order valence-corrected chi connectivity index (χ1v) is 5.07. The zero-order chi connectivity index (χ0) is 13.3. The number of carboxylic acid groups (broad SMARTS) is 1. The van der Waals surface area contributed by atoms with Crippen molar-refractivity contribution >= 4 is 5.97 Å². The molecule has 18 heavy (non-hydrogen) atoms. The van der Waals surface area contributed by atoms with Crippen LogP contribution in [0.4, 0.5) is 8.78 Å². The number of aromatic nitrogens is 3.